The average Bonchev–Trinajstić information content (AvgIpc) is 2.51. The van der Waals surface area contributed by atoms with E-state index in [0.29, 0.717) is 22.4 Å². The van der Waals surface area contributed by atoms with Gasteiger partial charge in [0, 0.05) is 23.9 Å². The van der Waals surface area contributed by atoms with Gasteiger partial charge in [0.2, 0.25) is 0 Å². The highest BCUT2D eigenvalue weighted by Gasteiger charge is 2.11. The molecule has 0 fully saturated rings. The number of halogens is 1. The molecule has 0 heterocycles. The molecule has 0 aromatic heterocycles. The van der Waals surface area contributed by atoms with Gasteiger partial charge in [-0.1, -0.05) is 12.1 Å². The van der Waals surface area contributed by atoms with Crippen molar-refractivity contribution in [3.05, 3.63) is 64.5 Å². The molecule has 4 nitrogen and oxygen atoms in total. The molecule has 5 heteroatoms. The van der Waals surface area contributed by atoms with Gasteiger partial charge in [0.15, 0.2) is 0 Å². The van der Waals surface area contributed by atoms with Gasteiger partial charge in [-0.15, -0.1) is 0 Å². The van der Waals surface area contributed by atoms with E-state index in [0.717, 1.165) is 5.56 Å². The molecule has 0 aliphatic carbocycles. The summed E-state index contributed by atoms with van der Waals surface area (Å²) in [5, 5.41) is 11.9. The van der Waals surface area contributed by atoms with E-state index in [1.807, 2.05) is 13.0 Å². The minimum absolute atomic E-state index is 0.0995. The quantitative estimate of drug-likeness (QED) is 0.892. The summed E-state index contributed by atoms with van der Waals surface area (Å²) in [7, 11) is 1.47. The molecule has 0 bridgehead atoms. The number of carbonyl (C=O) groups is 1. The summed E-state index contributed by atoms with van der Waals surface area (Å²) in [5.74, 6) is -0.743. The number of hydrogen-bond acceptors (Lipinski definition) is 3. The number of anilines is 1. The average molecular weight is 303 g/mol. The maximum atomic E-state index is 13.6. The maximum absolute atomic E-state index is 13.6. The number of nitrogens with one attached hydrogen (secondary N) is 1. The minimum atomic E-state index is -0.406. The van der Waals surface area contributed by atoms with E-state index >= 15 is 0 Å². The Kier molecular flexibility index (Phi) is 5.25. The number of hydrogen-bond donors (Lipinski definition) is 2. The maximum Gasteiger partial charge on any atom is 0.255 e. The van der Waals surface area contributed by atoms with E-state index < -0.39 is 5.82 Å². The fraction of sp³-hybridized carbons (Fsp3) is 0.235. The smallest absolute Gasteiger partial charge is 0.255 e. The van der Waals surface area contributed by atoms with Gasteiger partial charge in [-0.2, -0.15) is 0 Å². The van der Waals surface area contributed by atoms with Crippen molar-refractivity contribution in [3.63, 3.8) is 0 Å². The lowest BCUT2D eigenvalue weighted by molar-refractivity contribution is 0.102. The summed E-state index contributed by atoms with van der Waals surface area (Å²) < 4.78 is 18.5. The SMILES string of the molecule is COCc1cc(C(=O)Nc2cc(CO)ccc2C)ccc1F. The second-order valence-corrected chi connectivity index (χ2v) is 5.00. The fourth-order valence-electron chi connectivity index (χ4n) is 2.08. The monoisotopic (exact) mass is 303 g/mol. The van der Waals surface area contributed by atoms with Crippen molar-refractivity contribution in [2.45, 2.75) is 20.1 Å². The largest absolute Gasteiger partial charge is 0.392 e. The topological polar surface area (TPSA) is 58.6 Å². The van der Waals surface area contributed by atoms with Crippen LogP contribution in [0.1, 0.15) is 27.0 Å². The zero-order chi connectivity index (χ0) is 16.1. The molecular formula is C17H18FNO3. The normalized spacial score (nSPS) is 10.5. The van der Waals surface area contributed by atoms with Crippen molar-refractivity contribution in [2.24, 2.45) is 0 Å². The Labute approximate surface area is 128 Å². The Morgan fingerprint density at radius 2 is 2.05 bits per heavy atom. The third-order valence-electron chi connectivity index (χ3n) is 3.34. The van der Waals surface area contributed by atoms with Crippen LogP contribution < -0.4 is 5.32 Å². The number of rotatable bonds is 5. The highest BCUT2D eigenvalue weighted by atomic mass is 19.1. The molecular weight excluding hydrogens is 285 g/mol. The van der Waals surface area contributed by atoms with Crippen molar-refractivity contribution in [1.82, 2.24) is 0 Å². The van der Waals surface area contributed by atoms with Gasteiger partial charge in [-0.3, -0.25) is 4.79 Å². The molecule has 1 amide bonds. The zero-order valence-electron chi connectivity index (χ0n) is 12.5. The summed E-state index contributed by atoms with van der Waals surface area (Å²) in [4.78, 5) is 12.3. The number of methoxy groups -OCH3 is 1. The second-order valence-electron chi connectivity index (χ2n) is 5.00. The highest BCUT2D eigenvalue weighted by molar-refractivity contribution is 6.04. The first kappa shape index (κ1) is 16.1. The van der Waals surface area contributed by atoms with Crippen molar-refractivity contribution in [1.29, 1.82) is 0 Å². The van der Waals surface area contributed by atoms with Gasteiger partial charge in [0.1, 0.15) is 5.82 Å². The van der Waals surface area contributed by atoms with Crippen LogP contribution in [0.25, 0.3) is 0 Å². The van der Waals surface area contributed by atoms with Crippen LogP contribution in [-0.4, -0.2) is 18.1 Å². The number of benzene rings is 2. The lowest BCUT2D eigenvalue weighted by atomic mass is 10.1. The number of carbonyl (C=O) groups excluding carboxylic acids is 1. The molecule has 0 saturated carbocycles. The van der Waals surface area contributed by atoms with Crippen LogP contribution in [0.2, 0.25) is 0 Å². The van der Waals surface area contributed by atoms with E-state index in [-0.39, 0.29) is 19.1 Å². The van der Waals surface area contributed by atoms with Crippen LogP contribution in [0.5, 0.6) is 0 Å². The molecule has 116 valence electrons. The van der Waals surface area contributed by atoms with Crippen molar-refractivity contribution in [2.75, 3.05) is 12.4 Å². The van der Waals surface area contributed by atoms with Gasteiger partial charge < -0.3 is 15.2 Å². The van der Waals surface area contributed by atoms with Crippen LogP contribution in [0, 0.1) is 12.7 Å². The van der Waals surface area contributed by atoms with Crippen molar-refractivity contribution in [3.8, 4) is 0 Å². The molecule has 2 aromatic rings. The minimum Gasteiger partial charge on any atom is -0.392 e. The molecule has 0 saturated heterocycles. The summed E-state index contributed by atoms with van der Waals surface area (Å²) >= 11 is 0. The molecule has 2 N–H and O–H groups in total. The molecule has 0 spiro atoms. The Morgan fingerprint density at radius 3 is 2.73 bits per heavy atom. The third kappa shape index (κ3) is 3.69. The van der Waals surface area contributed by atoms with Crippen LogP contribution in [-0.2, 0) is 18.0 Å². The van der Waals surface area contributed by atoms with Crippen molar-refractivity contribution >= 4 is 11.6 Å². The highest BCUT2D eigenvalue weighted by Crippen LogP contribution is 2.19. The van der Waals surface area contributed by atoms with E-state index in [2.05, 4.69) is 5.32 Å². The summed E-state index contributed by atoms with van der Waals surface area (Å²) in [6.45, 7) is 1.86. The lowest BCUT2D eigenvalue weighted by Crippen LogP contribution is -2.14. The number of aliphatic hydroxyl groups excluding tert-OH is 1. The zero-order valence-corrected chi connectivity index (χ0v) is 12.5. The van der Waals surface area contributed by atoms with Gasteiger partial charge >= 0.3 is 0 Å². The number of amides is 1. The predicted molar refractivity (Wildman–Crippen MR) is 82.2 cm³/mol. The van der Waals surface area contributed by atoms with E-state index in [9.17, 15) is 9.18 Å². The molecule has 0 aliphatic rings. The Bertz CT molecular complexity index is 686. The number of aryl methyl sites for hydroxylation is 1. The Morgan fingerprint density at radius 1 is 1.27 bits per heavy atom. The van der Waals surface area contributed by atoms with Crippen LogP contribution in [0.4, 0.5) is 10.1 Å². The third-order valence-corrected chi connectivity index (χ3v) is 3.34. The molecule has 2 rings (SSSR count). The van der Waals surface area contributed by atoms with Gasteiger partial charge in [0.05, 0.1) is 13.2 Å². The van der Waals surface area contributed by atoms with E-state index in [4.69, 9.17) is 9.84 Å². The molecule has 0 atom stereocenters. The summed E-state index contributed by atoms with van der Waals surface area (Å²) in [5.41, 5.74) is 2.89. The number of ether oxygens (including phenoxy) is 1. The Hall–Kier alpha value is -2.24. The second kappa shape index (κ2) is 7.15. The van der Waals surface area contributed by atoms with Gasteiger partial charge in [-0.05, 0) is 42.3 Å². The molecule has 0 radical (unpaired) electrons. The number of aliphatic hydroxyl groups is 1. The first-order chi connectivity index (χ1) is 10.5. The summed E-state index contributed by atoms with van der Waals surface area (Å²) in [6, 6.07) is 9.48. The van der Waals surface area contributed by atoms with E-state index in [1.165, 1.54) is 25.3 Å². The molecule has 22 heavy (non-hydrogen) atoms. The molecule has 2 aromatic carbocycles. The molecule has 0 unspecified atom stereocenters. The van der Waals surface area contributed by atoms with Gasteiger partial charge in [-0.25, -0.2) is 4.39 Å². The molecule has 0 aliphatic heterocycles. The van der Waals surface area contributed by atoms with Crippen molar-refractivity contribution < 1.29 is 19.0 Å². The van der Waals surface area contributed by atoms with Crippen LogP contribution >= 0.6 is 0 Å². The van der Waals surface area contributed by atoms with Gasteiger partial charge in [0.25, 0.3) is 5.91 Å². The standard InChI is InChI=1S/C17H18FNO3/c1-11-3-4-12(9-20)7-16(11)19-17(21)13-5-6-15(18)14(8-13)10-22-2/h3-8,20H,9-10H2,1-2H3,(H,19,21). The first-order valence-corrected chi connectivity index (χ1v) is 6.84. The lowest BCUT2D eigenvalue weighted by Gasteiger charge is -2.11. The van der Waals surface area contributed by atoms with Crippen LogP contribution in [0.3, 0.4) is 0 Å². The fourth-order valence-corrected chi connectivity index (χ4v) is 2.08. The summed E-state index contributed by atoms with van der Waals surface area (Å²) in [6.07, 6.45) is 0. The first-order valence-electron chi connectivity index (χ1n) is 6.84. The Balaban J connectivity index is 2.24. The predicted octanol–water partition coefficient (Wildman–Crippen LogP) is 3.03. The van der Waals surface area contributed by atoms with Crippen LogP contribution in [0.15, 0.2) is 36.4 Å². The van der Waals surface area contributed by atoms with E-state index in [1.54, 1.807) is 12.1 Å².